The van der Waals surface area contributed by atoms with Crippen LogP contribution in [0.4, 0.5) is 22.7 Å². The first kappa shape index (κ1) is 27.2. The van der Waals surface area contributed by atoms with Crippen molar-refractivity contribution in [2.24, 2.45) is 4.36 Å². The fourth-order valence-corrected chi connectivity index (χ4v) is 1.99. The Morgan fingerprint density at radius 2 is 1.57 bits per heavy atom. The second kappa shape index (κ2) is 14.2. The number of hydrogen-bond donors (Lipinski definition) is 2. The molecule has 0 aliphatic carbocycles. The molecular formula is C16H9Cl3N4O5S2. The van der Waals surface area contributed by atoms with E-state index in [0.717, 1.165) is 0 Å². The molecule has 2 rings (SSSR count). The van der Waals surface area contributed by atoms with Gasteiger partial charge < -0.3 is 10.8 Å². The van der Waals surface area contributed by atoms with Gasteiger partial charge in [0.15, 0.2) is 0 Å². The molecule has 3 N–H and O–H groups in total. The molecule has 0 fully saturated rings. The number of hydrogen-bond acceptors (Lipinski definition) is 6. The molecule has 0 spiro atoms. The summed E-state index contributed by atoms with van der Waals surface area (Å²) in [5.41, 5.74) is 6.57. The monoisotopic (exact) mass is 506 g/mol. The van der Waals surface area contributed by atoms with Crippen molar-refractivity contribution in [1.29, 1.82) is 0 Å². The number of nitrogens with two attached hydrogens (primary N) is 1. The van der Waals surface area contributed by atoms with E-state index in [2.05, 4.69) is 35.4 Å². The van der Waals surface area contributed by atoms with Gasteiger partial charge in [-0.25, -0.2) is 18.7 Å². The molecule has 0 saturated carbocycles. The van der Waals surface area contributed by atoms with Gasteiger partial charge >= 0.3 is 5.97 Å². The summed E-state index contributed by atoms with van der Waals surface area (Å²) in [5, 5.41) is 7.90. The molecule has 14 heteroatoms. The normalized spacial score (nSPS) is 8.87. The molecule has 0 aromatic heterocycles. The third-order valence-electron chi connectivity index (χ3n) is 2.85. The Kier molecular flexibility index (Phi) is 12.9. The molecule has 0 amide bonds. The maximum Gasteiger partial charge on any atom is 0.335 e. The maximum atomic E-state index is 10.8. The Labute approximate surface area is 190 Å². The van der Waals surface area contributed by atoms with Gasteiger partial charge in [-0.15, -0.1) is 0 Å². The summed E-state index contributed by atoms with van der Waals surface area (Å²) in [7, 11) is 7.36. The average Bonchev–Trinajstić information content (AvgIpc) is 2.68. The Morgan fingerprint density at radius 1 is 1.07 bits per heavy atom. The van der Waals surface area contributed by atoms with Gasteiger partial charge in [-0.3, -0.25) is 4.79 Å². The lowest BCUT2D eigenvalue weighted by molar-refractivity contribution is 0.0696. The number of carbonyl (C=O) groups is 2. The van der Waals surface area contributed by atoms with Crippen LogP contribution >= 0.6 is 33.0 Å². The molecule has 0 heterocycles. The molecule has 2 aromatic carbocycles. The van der Waals surface area contributed by atoms with Crippen LogP contribution in [0.3, 0.4) is 0 Å². The zero-order chi connectivity index (χ0) is 23.3. The van der Waals surface area contributed by atoms with Crippen molar-refractivity contribution in [1.82, 2.24) is 0 Å². The number of anilines is 1. The van der Waals surface area contributed by atoms with Gasteiger partial charge in [-0.1, -0.05) is 24.3 Å². The van der Waals surface area contributed by atoms with Crippen LogP contribution in [0.15, 0.2) is 40.8 Å². The van der Waals surface area contributed by atoms with Crippen molar-refractivity contribution in [3.63, 3.8) is 0 Å². The standard InChI is InChI=1S/C8H3ClN2O2S.C8H6N2O2.Cl2OS/c1-10-6-3-2-5(8(9)12)4-7(6)11-14-13;1-10-7-3-2-5(8(11)12)4-6(7)9;1-4(2)3/h2-4H;2-4H,9H2,(H,11,12);. The predicted molar refractivity (Wildman–Crippen MR) is 117 cm³/mol. The number of carbonyl (C=O) groups excluding carboxylic acids is 1. The average molecular weight is 508 g/mol. The number of carboxylic acid groups (broad SMARTS) is 1. The summed E-state index contributed by atoms with van der Waals surface area (Å²) < 4.78 is 22.7. The van der Waals surface area contributed by atoms with E-state index in [0.29, 0.717) is 0 Å². The van der Waals surface area contributed by atoms with E-state index in [4.69, 9.17) is 39.8 Å². The smallest absolute Gasteiger partial charge is 0.335 e. The van der Waals surface area contributed by atoms with Crippen molar-refractivity contribution in [2.45, 2.75) is 0 Å². The van der Waals surface area contributed by atoms with Gasteiger partial charge in [0.25, 0.3) is 5.24 Å². The van der Waals surface area contributed by atoms with E-state index in [1.807, 2.05) is 0 Å². The highest BCUT2D eigenvalue weighted by atomic mass is 36.0. The quantitative estimate of drug-likeness (QED) is 0.333. The summed E-state index contributed by atoms with van der Waals surface area (Å²) >= 11 is 5.21. The van der Waals surface area contributed by atoms with Crippen LogP contribution in [0.2, 0.25) is 0 Å². The zero-order valence-electron chi connectivity index (χ0n) is 14.4. The molecule has 2 aromatic rings. The highest BCUT2D eigenvalue weighted by Crippen LogP contribution is 2.29. The minimum Gasteiger partial charge on any atom is -0.478 e. The third kappa shape index (κ3) is 10.1. The molecule has 156 valence electrons. The van der Waals surface area contributed by atoms with Gasteiger partial charge in [0.1, 0.15) is 0 Å². The lowest BCUT2D eigenvalue weighted by Gasteiger charge is -1.98. The van der Waals surface area contributed by atoms with Crippen LogP contribution < -0.4 is 5.73 Å². The summed E-state index contributed by atoms with van der Waals surface area (Å²) in [6, 6.07) is 8.15. The summed E-state index contributed by atoms with van der Waals surface area (Å²) in [6.45, 7) is 13.4. The van der Waals surface area contributed by atoms with E-state index >= 15 is 0 Å². The fraction of sp³-hybridized carbons (Fsp3) is 0. The molecule has 0 radical (unpaired) electrons. The number of nitrogens with zero attached hydrogens (tertiary/aromatic N) is 3. The van der Waals surface area contributed by atoms with Crippen molar-refractivity contribution in [2.75, 3.05) is 5.73 Å². The second-order valence-electron chi connectivity index (χ2n) is 4.63. The minimum absolute atomic E-state index is 0.0180. The van der Waals surface area contributed by atoms with Gasteiger partial charge in [0, 0.05) is 32.6 Å². The van der Waals surface area contributed by atoms with Crippen LogP contribution in [0, 0.1) is 13.1 Å². The first-order chi connectivity index (χ1) is 14.1. The third-order valence-corrected chi connectivity index (χ3v) is 3.34. The number of nitrogen functional groups attached to an aromatic ring is 1. The van der Waals surface area contributed by atoms with Crippen molar-refractivity contribution < 1.29 is 23.1 Å². The van der Waals surface area contributed by atoms with Gasteiger partial charge in [0.2, 0.25) is 32.1 Å². The number of benzene rings is 2. The van der Waals surface area contributed by atoms with Crippen molar-refractivity contribution in [3.8, 4) is 0 Å². The summed E-state index contributed by atoms with van der Waals surface area (Å²) in [5.74, 6) is -1.04. The van der Waals surface area contributed by atoms with E-state index in [-0.39, 0.29) is 45.3 Å². The van der Waals surface area contributed by atoms with Crippen LogP contribution in [0.5, 0.6) is 0 Å². The summed E-state index contributed by atoms with van der Waals surface area (Å²) in [6.07, 6.45) is 0. The highest BCUT2D eigenvalue weighted by Gasteiger charge is 2.07. The Hall–Kier alpha value is -2.80. The summed E-state index contributed by atoms with van der Waals surface area (Å²) in [4.78, 5) is 27.4. The number of rotatable bonds is 3. The van der Waals surface area contributed by atoms with Gasteiger partial charge in [-0.05, 0) is 23.7 Å². The minimum atomic E-state index is -1.67. The zero-order valence-corrected chi connectivity index (χ0v) is 18.3. The SMILES string of the molecule is O=S(Cl)Cl.[C-]#[N+]c1ccc(C(=O)Cl)cc1N=S=O.[C-]#[N+]c1ccc(C(=O)O)cc1N. The molecule has 30 heavy (non-hydrogen) atoms. The fourth-order valence-electron chi connectivity index (χ4n) is 1.64. The molecular weight excluding hydrogens is 499 g/mol. The van der Waals surface area contributed by atoms with Crippen LogP contribution in [-0.2, 0) is 20.7 Å². The number of halogens is 3. The van der Waals surface area contributed by atoms with E-state index < -0.39 is 20.4 Å². The number of carboxylic acids is 1. The first-order valence-electron chi connectivity index (χ1n) is 7.03. The van der Waals surface area contributed by atoms with E-state index in [1.165, 1.54) is 36.4 Å². The van der Waals surface area contributed by atoms with Crippen molar-refractivity contribution in [3.05, 3.63) is 70.4 Å². The molecule has 0 aliphatic heterocycles. The number of aromatic carboxylic acids is 1. The molecule has 0 aliphatic rings. The van der Waals surface area contributed by atoms with Crippen LogP contribution in [0.1, 0.15) is 20.7 Å². The van der Waals surface area contributed by atoms with Crippen LogP contribution in [-0.4, -0.2) is 24.7 Å². The van der Waals surface area contributed by atoms with E-state index in [9.17, 15) is 13.8 Å². The van der Waals surface area contributed by atoms with Gasteiger partial charge in [-0.2, -0.15) is 8.57 Å². The predicted octanol–water partition coefficient (Wildman–Crippen LogP) is 5.20. The largest absolute Gasteiger partial charge is 0.478 e. The molecule has 0 atom stereocenters. The molecule has 0 bridgehead atoms. The van der Waals surface area contributed by atoms with E-state index in [1.54, 1.807) is 0 Å². The Morgan fingerprint density at radius 3 is 1.97 bits per heavy atom. The van der Waals surface area contributed by atoms with Gasteiger partial charge in [0.05, 0.1) is 24.4 Å². The highest BCUT2D eigenvalue weighted by molar-refractivity contribution is 8.26. The second-order valence-corrected chi connectivity index (χ2v) is 7.83. The Bertz CT molecular complexity index is 1110. The lowest BCUT2D eigenvalue weighted by Crippen LogP contribution is -1.97. The van der Waals surface area contributed by atoms with Crippen LogP contribution in [0.25, 0.3) is 9.69 Å². The first-order valence-corrected chi connectivity index (χ1v) is 10.9. The molecule has 9 nitrogen and oxygen atoms in total. The maximum absolute atomic E-state index is 10.8. The lowest BCUT2D eigenvalue weighted by atomic mass is 10.2. The molecule has 0 unspecified atom stereocenters. The molecule has 0 saturated heterocycles. The topological polar surface area (TPSA) is 136 Å². The Balaban J connectivity index is 0.000000481. The van der Waals surface area contributed by atoms with Crippen molar-refractivity contribution >= 4 is 87.6 Å².